The van der Waals surface area contributed by atoms with Crippen LogP contribution in [0.25, 0.3) is 0 Å². The van der Waals surface area contributed by atoms with Crippen molar-refractivity contribution in [2.24, 2.45) is 11.8 Å². The molecule has 1 N–H and O–H groups in total. The van der Waals surface area contributed by atoms with Gasteiger partial charge in [-0.25, -0.2) is 0 Å². The van der Waals surface area contributed by atoms with Crippen molar-refractivity contribution in [3.05, 3.63) is 49.6 Å². The number of fused-ring (bicyclic) bond motifs is 1. The fourth-order valence-corrected chi connectivity index (χ4v) is 7.28. The van der Waals surface area contributed by atoms with Crippen LogP contribution in [0, 0.1) is 11.8 Å². The van der Waals surface area contributed by atoms with Gasteiger partial charge in [-0.2, -0.15) is 0 Å². The van der Waals surface area contributed by atoms with Gasteiger partial charge in [-0.15, -0.1) is 13.2 Å². The number of methoxy groups -OCH3 is 1. The lowest BCUT2D eigenvalue weighted by Crippen LogP contribution is -2.57. The van der Waals surface area contributed by atoms with Crippen LogP contribution in [0.4, 0.5) is 5.69 Å². The van der Waals surface area contributed by atoms with Crippen LogP contribution in [0.5, 0.6) is 5.75 Å². The third kappa shape index (κ3) is 5.58. The summed E-state index contributed by atoms with van der Waals surface area (Å²) in [4.78, 5) is 44.8. The van der Waals surface area contributed by atoms with E-state index in [4.69, 9.17) is 14.2 Å². The summed E-state index contributed by atoms with van der Waals surface area (Å²) in [6.07, 6.45) is 6.69. The van der Waals surface area contributed by atoms with E-state index in [2.05, 4.69) is 29.1 Å². The van der Waals surface area contributed by atoms with Gasteiger partial charge in [0.2, 0.25) is 5.91 Å². The highest BCUT2D eigenvalue weighted by Gasteiger charge is 2.77. The molecule has 0 radical (unpaired) electrons. The molecule has 3 aliphatic heterocycles. The average molecular weight is 620 g/mol. The second-order valence-corrected chi connectivity index (χ2v) is 11.7. The number of amides is 2. The van der Waals surface area contributed by atoms with Gasteiger partial charge in [0, 0.05) is 30.2 Å². The van der Waals surface area contributed by atoms with Crippen molar-refractivity contribution in [1.29, 1.82) is 0 Å². The van der Waals surface area contributed by atoms with Gasteiger partial charge < -0.3 is 29.1 Å². The number of allylic oxidation sites excluding steroid dienone is 1. The summed E-state index contributed by atoms with van der Waals surface area (Å²) in [5, 5.41) is 9.38. The number of nitrogens with zero attached hydrogens (tertiary/aromatic N) is 2. The number of aliphatic hydroxyl groups excluding tert-OH is 1. The lowest BCUT2D eigenvalue weighted by atomic mass is 9.70. The molecule has 10 heteroatoms. The van der Waals surface area contributed by atoms with E-state index in [1.807, 2.05) is 6.08 Å². The molecule has 6 atom stereocenters. The number of likely N-dealkylation sites (tertiary alicyclic amines) is 1. The van der Waals surface area contributed by atoms with E-state index in [0.29, 0.717) is 37.1 Å². The molecule has 2 amide bonds. The van der Waals surface area contributed by atoms with Crippen LogP contribution in [-0.4, -0.2) is 83.8 Å². The number of carbonyl (C=O) groups is 3. The van der Waals surface area contributed by atoms with Gasteiger partial charge in [-0.05, 0) is 62.8 Å². The summed E-state index contributed by atoms with van der Waals surface area (Å²) in [5.41, 5.74) is -0.545. The minimum Gasteiger partial charge on any atom is -0.497 e. The van der Waals surface area contributed by atoms with Crippen molar-refractivity contribution in [2.45, 2.75) is 61.1 Å². The molecular formula is C30H39BrN2O7. The molecule has 3 heterocycles. The molecule has 4 rings (SSSR count). The highest BCUT2D eigenvalue weighted by atomic mass is 79.9. The van der Waals surface area contributed by atoms with Gasteiger partial charge in [0.1, 0.15) is 17.4 Å². The smallest absolute Gasteiger partial charge is 0.312 e. The molecule has 3 fully saturated rings. The second-order valence-electron chi connectivity index (χ2n) is 10.5. The van der Waals surface area contributed by atoms with Gasteiger partial charge >= 0.3 is 5.97 Å². The van der Waals surface area contributed by atoms with Crippen LogP contribution in [0.3, 0.4) is 0 Å². The zero-order valence-corrected chi connectivity index (χ0v) is 24.6. The van der Waals surface area contributed by atoms with Gasteiger partial charge in [0.15, 0.2) is 0 Å². The van der Waals surface area contributed by atoms with Crippen molar-refractivity contribution < 1.29 is 33.7 Å². The molecule has 40 heavy (non-hydrogen) atoms. The standard InChI is InChI=1S/C30H39BrN2O7/c1-4-6-7-10-18-39-29(37)23-24-27(35)33(16-8-9-17-34)26(30(24)19-22(31)25(23)40-30)28(36)32(15-5-2)20-11-13-21(38-3)14-12-20/h4-5,11-14,22-26,34H,1-2,6-10,15-19H2,3H3/t22?,23-,24-,25-,26?,30?/m0/s1. The number of alkyl halides is 1. The second kappa shape index (κ2) is 13.3. The van der Waals surface area contributed by atoms with E-state index in [-0.39, 0.29) is 42.9 Å². The summed E-state index contributed by atoms with van der Waals surface area (Å²) in [5.74, 6) is -2.02. The lowest BCUT2D eigenvalue weighted by Gasteiger charge is -2.37. The van der Waals surface area contributed by atoms with Crippen LogP contribution in [0.2, 0.25) is 0 Å². The molecule has 1 aromatic carbocycles. The first-order chi connectivity index (χ1) is 19.3. The molecule has 9 nitrogen and oxygen atoms in total. The summed E-state index contributed by atoms with van der Waals surface area (Å²) in [6, 6.07) is 6.17. The SMILES string of the molecule is C=CCCCCOC(=O)[C@H]1[C@H]2C(=O)N(CCCCO)C(C(=O)N(CC=C)c3ccc(OC)cc3)C23CC(Br)[C@@H]1O3. The fraction of sp³-hybridized carbons (Fsp3) is 0.567. The lowest BCUT2D eigenvalue weighted by molar-refractivity contribution is -0.155. The van der Waals surface area contributed by atoms with E-state index < -0.39 is 35.6 Å². The van der Waals surface area contributed by atoms with Gasteiger partial charge in [0.05, 0.1) is 31.7 Å². The molecule has 3 saturated heterocycles. The largest absolute Gasteiger partial charge is 0.497 e. The number of esters is 1. The highest BCUT2D eigenvalue weighted by Crippen LogP contribution is 2.60. The van der Waals surface area contributed by atoms with Gasteiger partial charge in [-0.1, -0.05) is 28.1 Å². The maximum absolute atomic E-state index is 14.4. The first-order valence-corrected chi connectivity index (χ1v) is 14.8. The topological polar surface area (TPSA) is 106 Å². The third-order valence-corrected chi connectivity index (χ3v) is 8.96. The Kier molecular flexibility index (Phi) is 10.1. The summed E-state index contributed by atoms with van der Waals surface area (Å²) < 4.78 is 17.5. The number of carbonyl (C=O) groups excluding carboxylic acids is 3. The summed E-state index contributed by atoms with van der Waals surface area (Å²) in [6.45, 7) is 8.27. The molecule has 1 aromatic rings. The molecule has 3 aliphatic rings. The Balaban J connectivity index is 1.67. The molecule has 0 aliphatic carbocycles. The van der Waals surface area contributed by atoms with Crippen LogP contribution in [0.1, 0.15) is 38.5 Å². The molecule has 1 spiro atoms. The number of aliphatic hydroxyl groups is 1. The number of hydrogen-bond donors (Lipinski definition) is 1. The van der Waals surface area contributed by atoms with E-state index >= 15 is 0 Å². The number of rotatable bonds is 15. The molecule has 2 bridgehead atoms. The molecule has 0 aromatic heterocycles. The maximum Gasteiger partial charge on any atom is 0.312 e. The number of anilines is 1. The van der Waals surface area contributed by atoms with Gasteiger partial charge in [0.25, 0.3) is 5.91 Å². The van der Waals surface area contributed by atoms with Gasteiger partial charge in [-0.3, -0.25) is 14.4 Å². The predicted octanol–water partition coefficient (Wildman–Crippen LogP) is 3.63. The van der Waals surface area contributed by atoms with Crippen molar-refractivity contribution >= 4 is 39.4 Å². The predicted molar refractivity (Wildman–Crippen MR) is 154 cm³/mol. The summed E-state index contributed by atoms with van der Waals surface area (Å²) in [7, 11) is 1.57. The Morgan fingerprint density at radius 1 is 1.20 bits per heavy atom. The monoisotopic (exact) mass is 618 g/mol. The van der Waals surface area contributed by atoms with E-state index in [1.54, 1.807) is 47.3 Å². The zero-order chi connectivity index (χ0) is 28.9. The first kappa shape index (κ1) is 30.3. The zero-order valence-electron chi connectivity index (χ0n) is 23.0. The Morgan fingerprint density at radius 2 is 1.95 bits per heavy atom. The van der Waals surface area contributed by atoms with Crippen LogP contribution >= 0.6 is 15.9 Å². The van der Waals surface area contributed by atoms with Crippen molar-refractivity contribution in [1.82, 2.24) is 4.90 Å². The Morgan fingerprint density at radius 3 is 2.60 bits per heavy atom. The molecule has 0 saturated carbocycles. The number of ether oxygens (including phenoxy) is 3. The minimum absolute atomic E-state index is 0.0213. The Bertz CT molecular complexity index is 1100. The summed E-state index contributed by atoms with van der Waals surface area (Å²) >= 11 is 3.68. The molecule has 218 valence electrons. The Hall–Kier alpha value is -2.69. The van der Waals surface area contributed by atoms with Crippen LogP contribution in [0.15, 0.2) is 49.6 Å². The minimum atomic E-state index is -1.18. The average Bonchev–Trinajstić information content (AvgIpc) is 3.55. The molecular weight excluding hydrogens is 580 g/mol. The quantitative estimate of drug-likeness (QED) is 0.138. The van der Waals surface area contributed by atoms with E-state index in [1.165, 1.54) is 0 Å². The van der Waals surface area contributed by atoms with Crippen LogP contribution < -0.4 is 9.64 Å². The normalized spacial score (nSPS) is 28.3. The van der Waals surface area contributed by atoms with E-state index in [9.17, 15) is 19.5 Å². The fourth-order valence-electron chi connectivity index (χ4n) is 6.33. The third-order valence-electron chi connectivity index (χ3n) is 8.11. The van der Waals surface area contributed by atoms with Crippen molar-refractivity contribution in [3.8, 4) is 5.75 Å². The number of unbranched alkanes of at least 4 members (excludes halogenated alkanes) is 3. The number of benzene rings is 1. The van der Waals surface area contributed by atoms with Crippen LogP contribution in [-0.2, 0) is 23.9 Å². The van der Waals surface area contributed by atoms with Crippen molar-refractivity contribution in [2.75, 3.05) is 38.3 Å². The molecule has 3 unspecified atom stereocenters. The number of halogens is 1. The first-order valence-electron chi connectivity index (χ1n) is 13.9. The highest BCUT2D eigenvalue weighted by molar-refractivity contribution is 9.09. The van der Waals surface area contributed by atoms with Crippen molar-refractivity contribution in [3.63, 3.8) is 0 Å². The Labute approximate surface area is 244 Å². The van der Waals surface area contributed by atoms with E-state index in [0.717, 1.165) is 12.8 Å². The number of hydrogen-bond acceptors (Lipinski definition) is 7. The maximum atomic E-state index is 14.4.